The van der Waals surface area contributed by atoms with Crippen molar-refractivity contribution in [3.8, 4) is 0 Å². The molecule has 3 rings (SSSR count). The first-order chi connectivity index (χ1) is 12.2. The van der Waals surface area contributed by atoms with Gasteiger partial charge in [-0.1, -0.05) is 32.0 Å². The molecule has 0 bridgehead atoms. The number of para-hydroxylation sites is 1. The lowest BCUT2D eigenvalue weighted by Gasteiger charge is -2.26. The van der Waals surface area contributed by atoms with Crippen LogP contribution in [0, 0.1) is 0 Å². The van der Waals surface area contributed by atoms with Gasteiger partial charge >= 0.3 is 0 Å². The van der Waals surface area contributed by atoms with Crippen molar-refractivity contribution in [2.24, 2.45) is 0 Å². The van der Waals surface area contributed by atoms with Crippen molar-refractivity contribution < 1.29 is 9.53 Å². The van der Waals surface area contributed by atoms with Gasteiger partial charge in [-0.3, -0.25) is 4.79 Å². The lowest BCUT2D eigenvalue weighted by molar-refractivity contribution is 0.0298. The van der Waals surface area contributed by atoms with E-state index in [-0.39, 0.29) is 5.91 Å². The number of rotatable bonds is 5. The molecule has 1 aromatic carbocycles. The number of morpholine rings is 1. The number of benzene rings is 1. The summed E-state index contributed by atoms with van der Waals surface area (Å²) in [6.45, 7) is 6.62. The molecule has 1 saturated heterocycles. The molecule has 132 valence electrons. The van der Waals surface area contributed by atoms with Gasteiger partial charge in [-0.15, -0.1) is 10.2 Å². The standard InChI is InChI=1S/C19H24N4O2/c1-3-14-6-5-7-15(4-2)18(14)20-17-9-8-16(21-22-17)19(24)23-10-12-25-13-11-23/h5-9H,3-4,10-13H2,1-2H3,(H,20,22). The Morgan fingerprint density at radius 3 is 2.32 bits per heavy atom. The molecular formula is C19H24N4O2. The van der Waals surface area contributed by atoms with Crippen molar-refractivity contribution in [1.82, 2.24) is 15.1 Å². The summed E-state index contributed by atoms with van der Waals surface area (Å²) in [6.07, 6.45) is 1.88. The predicted molar refractivity (Wildman–Crippen MR) is 97.2 cm³/mol. The Kier molecular flexibility index (Phi) is 5.60. The first-order valence-corrected chi connectivity index (χ1v) is 8.81. The van der Waals surface area contributed by atoms with Gasteiger partial charge in [0.05, 0.1) is 13.2 Å². The molecule has 0 saturated carbocycles. The minimum atomic E-state index is -0.0921. The molecule has 0 radical (unpaired) electrons. The van der Waals surface area contributed by atoms with Crippen LogP contribution in [-0.4, -0.2) is 47.3 Å². The van der Waals surface area contributed by atoms with Crippen molar-refractivity contribution in [1.29, 1.82) is 0 Å². The smallest absolute Gasteiger partial charge is 0.274 e. The molecule has 0 atom stereocenters. The second-order valence-corrected chi connectivity index (χ2v) is 5.99. The van der Waals surface area contributed by atoms with Crippen LogP contribution in [-0.2, 0) is 17.6 Å². The highest BCUT2D eigenvalue weighted by molar-refractivity contribution is 5.92. The number of hydrogen-bond donors (Lipinski definition) is 1. The van der Waals surface area contributed by atoms with Crippen LogP contribution in [0.25, 0.3) is 0 Å². The SMILES string of the molecule is CCc1cccc(CC)c1Nc1ccc(C(=O)N2CCOCC2)nn1. The maximum atomic E-state index is 12.4. The third kappa shape index (κ3) is 3.96. The number of carbonyl (C=O) groups excluding carboxylic acids is 1. The van der Waals surface area contributed by atoms with Gasteiger partial charge < -0.3 is 15.0 Å². The van der Waals surface area contributed by atoms with Crippen LogP contribution >= 0.6 is 0 Å². The number of carbonyl (C=O) groups is 1. The van der Waals surface area contributed by atoms with E-state index >= 15 is 0 Å². The Morgan fingerprint density at radius 1 is 1.08 bits per heavy atom. The summed E-state index contributed by atoms with van der Waals surface area (Å²) in [5.41, 5.74) is 3.95. The third-order valence-corrected chi connectivity index (χ3v) is 4.43. The molecule has 1 aliphatic rings. The number of nitrogens with one attached hydrogen (secondary N) is 1. The molecule has 0 spiro atoms. The van der Waals surface area contributed by atoms with E-state index in [4.69, 9.17) is 4.74 Å². The van der Waals surface area contributed by atoms with Crippen LogP contribution in [0.4, 0.5) is 11.5 Å². The first kappa shape index (κ1) is 17.4. The topological polar surface area (TPSA) is 67.4 Å². The zero-order chi connectivity index (χ0) is 17.6. The largest absolute Gasteiger partial charge is 0.378 e. The lowest BCUT2D eigenvalue weighted by atomic mass is 10.0. The van der Waals surface area contributed by atoms with Crippen molar-refractivity contribution in [2.75, 3.05) is 31.6 Å². The number of aryl methyl sites for hydroxylation is 2. The second-order valence-electron chi connectivity index (χ2n) is 5.99. The maximum absolute atomic E-state index is 12.4. The van der Waals surface area contributed by atoms with Gasteiger partial charge in [-0.25, -0.2) is 0 Å². The number of ether oxygens (including phenoxy) is 1. The summed E-state index contributed by atoms with van der Waals surface area (Å²) < 4.78 is 5.27. The van der Waals surface area contributed by atoms with Gasteiger partial charge in [0.25, 0.3) is 5.91 Å². The normalized spacial score (nSPS) is 14.4. The highest BCUT2D eigenvalue weighted by atomic mass is 16.5. The van der Waals surface area contributed by atoms with Crippen LogP contribution in [0.3, 0.4) is 0 Å². The fourth-order valence-corrected chi connectivity index (χ4v) is 2.97. The van der Waals surface area contributed by atoms with Crippen molar-refractivity contribution in [3.63, 3.8) is 0 Å². The van der Waals surface area contributed by atoms with Gasteiger partial charge in [0.2, 0.25) is 0 Å². The summed E-state index contributed by atoms with van der Waals surface area (Å²) in [5.74, 6) is 0.555. The number of amides is 1. The quantitative estimate of drug-likeness (QED) is 0.906. The van der Waals surface area contributed by atoms with E-state index in [0.29, 0.717) is 37.8 Å². The lowest BCUT2D eigenvalue weighted by Crippen LogP contribution is -2.41. The Labute approximate surface area is 148 Å². The molecule has 6 heteroatoms. The van der Waals surface area contributed by atoms with Crippen molar-refractivity contribution >= 4 is 17.4 Å². The van der Waals surface area contributed by atoms with E-state index in [1.165, 1.54) is 11.1 Å². The van der Waals surface area contributed by atoms with E-state index in [1.54, 1.807) is 11.0 Å². The highest BCUT2D eigenvalue weighted by Gasteiger charge is 2.20. The summed E-state index contributed by atoms with van der Waals surface area (Å²) in [6, 6.07) is 9.86. The van der Waals surface area contributed by atoms with Crippen molar-refractivity contribution in [3.05, 3.63) is 47.2 Å². The number of hydrogen-bond acceptors (Lipinski definition) is 5. The van der Waals surface area contributed by atoms with Crippen molar-refractivity contribution in [2.45, 2.75) is 26.7 Å². The molecule has 1 fully saturated rings. The zero-order valence-corrected chi connectivity index (χ0v) is 14.8. The average Bonchev–Trinajstić information content (AvgIpc) is 2.69. The van der Waals surface area contributed by atoms with E-state index < -0.39 is 0 Å². The minimum absolute atomic E-state index is 0.0921. The van der Waals surface area contributed by atoms with Crippen LogP contribution in [0.15, 0.2) is 30.3 Å². The van der Waals surface area contributed by atoms with Crippen LogP contribution in [0.1, 0.15) is 35.5 Å². The maximum Gasteiger partial charge on any atom is 0.274 e. The summed E-state index contributed by atoms with van der Waals surface area (Å²) in [5, 5.41) is 11.7. The molecule has 2 heterocycles. The minimum Gasteiger partial charge on any atom is -0.378 e. The van der Waals surface area contributed by atoms with E-state index in [9.17, 15) is 4.79 Å². The van der Waals surface area contributed by atoms with Gasteiger partial charge in [0, 0.05) is 18.8 Å². The molecule has 6 nitrogen and oxygen atoms in total. The van der Waals surface area contributed by atoms with Gasteiger partial charge in [-0.2, -0.15) is 0 Å². The molecule has 1 amide bonds. The molecule has 0 unspecified atom stereocenters. The summed E-state index contributed by atoms with van der Waals surface area (Å²) >= 11 is 0. The number of aromatic nitrogens is 2. The molecule has 1 aromatic heterocycles. The molecule has 0 aliphatic carbocycles. The highest BCUT2D eigenvalue weighted by Crippen LogP contribution is 2.25. The fraction of sp³-hybridized carbons (Fsp3) is 0.421. The second kappa shape index (κ2) is 8.07. The molecule has 25 heavy (non-hydrogen) atoms. The third-order valence-electron chi connectivity index (χ3n) is 4.43. The monoisotopic (exact) mass is 340 g/mol. The fourth-order valence-electron chi connectivity index (χ4n) is 2.97. The Bertz CT molecular complexity index is 702. The van der Waals surface area contributed by atoms with Gasteiger partial charge in [-0.05, 0) is 36.1 Å². The van der Waals surface area contributed by atoms with Gasteiger partial charge in [0.1, 0.15) is 0 Å². The Morgan fingerprint density at radius 2 is 1.76 bits per heavy atom. The van der Waals surface area contributed by atoms with E-state index in [0.717, 1.165) is 18.5 Å². The van der Waals surface area contributed by atoms with Crippen LogP contribution in [0.2, 0.25) is 0 Å². The Balaban J connectivity index is 1.76. The predicted octanol–water partition coefficient (Wildman–Crippen LogP) is 2.82. The van der Waals surface area contributed by atoms with Crippen LogP contribution in [0.5, 0.6) is 0 Å². The number of nitrogens with zero attached hydrogens (tertiary/aromatic N) is 3. The van der Waals surface area contributed by atoms with E-state index in [2.05, 4.69) is 47.6 Å². The molecule has 1 aliphatic heterocycles. The average molecular weight is 340 g/mol. The molecule has 1 N–H and O–H groups in total. The zero-order valence-electron chi connectivity index (χ0n) is 14.8. The van der Waals surface area contributed by atoms with Crippen LogP contribution < -0.4 is 5.32 Å². The Hall–Kier alpha value is -2.47. The van der Waals surface area contributed by atoms with Gasteiger partial charge in [0.15, 0.2) is 11.5 Å². The first-order valence-electron chi connectivity index (χ1n) is 8.81. The number of anilines is 2. The molecular weight excluding hydrogens is 316 g/mol. The summed E-state index contributed by atoms with van der Waals surface area (Å²) in [7, 11) is 0. The summed E-state index contributed by atoms with van der Waals surface area (Å²) in [4.78, 5) is 14.2. The van der Waals surface area contributed by atoms with E-state index in [1.807, 2.05) is 6.07 Å². The molecule has 2 aromatic rings.